The zero-order chi connectivity index (χ0) is 18.4. The predicted octanol–water partition coefficient (Wildman–Crippen LogP) is 1.68. The van der Waals surface area contributed by atoms with Gasteiger partial charge >= 0.3 is 165 Å². The van der Waals surface area contributed by atoms with E-state index >= 15 is 0 Å². The van der Waals surface area contributed by atoms with E-state index in [1.807, 2.05) is 36.5 Å². The topological polar surface area (TPSA) is 58.4 Å². The number of carbonyl (C=O) groups excluding carboxylic acids is 2. The van der Waals surface area contributed by atoms with Crippen LogP contribution >= 0.6 is 12.2 Å². The molecule has 6 nitrogen and oxygen atoms in total. The number of hydrogen-bond donors (Lipinski definition) is 0. The van der Waals surface area contributed by atoms with Crippen LogP contribution in [-0.4, -0.2) is 70.8 Å². The van der Waals surface area contributed by atoms with Gasteiger partial charge in [0.1, 0.15) is 0 Å². The molecule has 0 unspecified atom stereocenters. The molecule has 1 aliphatic rings. The number of carbonyl (C=O) groups is 2. The Hall–Kier alpha value is -2.27. The SMILES string of the molecule is CN1C(=O)C(=Cc2ccc(-n3ccc4cccnc43)[te]2)C(=O)N(C)C1=S. The fourth-order valence-electron chi connectivity index (χ4n) is 2.81. The molecule has 3 aromatic heterocycles. The monoisotopic (exact) mass is 480 g/mol. The summed E-state index contributed by atoms with van der Waals surface area (Å²) in [6, 6.07) is 9.99. The summed E-state index contributed by atoms with van der Waals surface area (Å²) >= 11 is 4.38. The molecule has 2 amide bonds. The van der Waals surface area contributed by atoms with Gasteiger partial charge in [-0.1, -0.05) is 0 Å². The summed E-state index contributed by atoms with van der Waals surface area (Å²) in [6.07, 6.45) is 5.50. The Morgan fingerprint density at radius 1 is 1.08 bits per heavy atom. The van der Waals surface area contributed by atoms with Crippen molar-refractivity contribution in [1.82, 2.24) is 19.4 Å². The van der Waals surface area contributed by atoms with Crippen molar-refractivity contribution >= 4 is 66.7 Å². The minimum atomic E-state index is -0.736. The van der Waals surface area contributed by atoms with E-state index in [1.165, 1.54) is 13.5 Å². The van der Waals surface area contributed by atoms with Crippen molar-refractivity contribution in [1.29, 1.82) is 0 Å². The summed E-state index contributed by atoms with van der Waals surface area (Å²) in [5.41, 5.74) is 1.07. The third-order valence-corrected chi connectivity index (χ3v) is 7.72. The molecule has 1 saturated heterocycles. The molecule has 1 aliphatic heterocycles. The number of thiocarbonyl (C=S) groups is 1. The Morgan fingerprint density at radius 3 is 2.54 bits per heavy atom. The van der Waals surface area contributed by atoms with E-state index in [9.17, 15) is 9.59 Å². The Labute approximate surface area is 164 Å². The quantitative estimate of drug-likeness (QED) is 0.244. The predicted molar refractivity (Wildman–Crippen MR) is 104 cm³/mol. The number of pyridine rings is 1. The Kier molecular flexibility index (Phi) is 4.27. The zero-order valence-electron chi connectivity index (χ0n) is 14.0. The Bertz CT molecular complexity index is 1070. The van der Waals surface area contributed by atoms with E-state index in [4.69, 9.17) is 12.2 Å². The van der Waals surface area contributed by atoms with Crippen LogP contribution in [0, 0.1) is 0 Å². The third-order valence-electron chi connectivity index (χ3n) is 4.23. The second kappa shape index (κ2) is 6.47. The average Bonchev–Trinajstić information content (AvgIpc) is 3.28. The minimum absolute atomic E-state index is 0.157. The van der Waals surface area contributed by atoms with Gasteiger partial charge in [0.15, 0.2) is 0 Å². The molecule has 0 radical (unpaired) electrons. The average molecular weight is 478 g/mol. The number of likely N-dealkylation sites (N-methyl/N-ethyl adjacent to an activating group) is 2. The third kappa shape index (κ3) is 2.71. The van der Waals surface area contributed by atoms with E-state index < -0.39 is 20.4 Å². The second-order valence-corrected chi connectivity index (χ2v) is 9.33. The number of aromatic nitrogens is 2. The van der Waals surface area contributed by atoms with E-state index in [0.717, 1.165) is 14.6 Å². The number of rotatable bonds is 2. The molecule has 1 fully saturated rings. The van der Waals surface area contributed by atoms with Crippen molar-refractivity contribution < 1.29 is 9.59 Å². The molecule has 0 spiro atoms. The summed E-state index contributed by atoms with van der Waals surface area (Å²) < 4.78 is 4.27. The first kappa shape index (κ1) is 17.2. The van der Waals surface area contributed by atoms with Gasteiger partial charge in [-0.25, -0.2) is 0 Å². The van der Waals surface area contributed by atoms with Crippen LogP contribution in [0.1, 0.15) is 3.58 Å². The first-order valence-corrected chi connectivity index (χ1v) is 10.6. The number of nitrogens with zero attached hydrogens (tertiary/aromatic N) is 4. The van der Waals surface area contributed by atoms with Crippen molar-refractivity contribution in [3.8, 4) is 3.70 Å². The van der Waals surface area contributed by atoms with Gasteiger partial charge < -0.3 is 0 Å². The van der Waals surface area contributed by atoms with Crippen LogP contribution in [0.5, 0.6) is 0 Å². The summed E-state index contributed by atoms with van der Waals surface area (Å²) in [4.78, 5) is 32.0. The molecule has 3 aromatic rings. The van der Waals surface area contributed by atoms with Crippen molar-refractivity contribution in [3.05, 3.63) is 51.9 Å². The summed E-state index contributed by atoms with van der Waals surface area (Å²) in [7, 11) is 3.17. The van der Waals surface area contributed by atoms with E-state index in [2.05, 4.69) is 9.55 Å². The normalized spacial score (nSPS) is 15.3. The van der Waals surface area contributed by atoms with Crippen LogP contribution < -0.4 is 0 Å². The Balaban J connectivity index is 1.72. The van der Waals surface area contributed by atoms with Gasteiger partial charge in [-0.05, 0) is 0 Å². The van der Waals surface area contributed by atoms with E-state index in [-0.39, 0.29) is 22.5 Å². The first-order chi connectivity index (χ1) is 12.5. The van der Waals surface area contributed by atoms with Crippen molar-refractivity contribution in [2.75, 3.05) is 14.1 Å². The van der Waals surface area contributed by atoms with Gasteiger partial charge in [0, 0.05) is 0 Å². The van der Waals surface area contributed by atoms with Crippen LogP contribution in [0.3, 0.4) is 0 Å². The Morgan fingerprint density at radius 2 is 1.81 bits per heavy atom. The fourth-order valence-corrected chi connectivity index (χ4v) is 5.65. The maximum atomic E-state index is 12.4. The molecule has 0 saturated carbocycles. The second-order valence-electron chi connectivity index (χ2n) is 5.85. The molecule has 0 aromatic carbocycles. The van der Waals surface area contributed by atoms with Crippen molar-refractivity contribution in [2.24, 2.45) is 0 Å². The summed E-state index contributed by atoms with van der Waals surface area (Å²) in [6.45, 7) is 0. The van der Waals surface area contributed by atoms with E-state index in [0.29, 0.717) is 0 Å². The number of amides is 2. The first-order valence-electron chi connectivity index (χ1n) is 7.81. The van der Waals surface area contributed by atoms with Crippen LogP contribution in [-0.2, 0) is 9.59 Å². The van der Waals surface area contributed by atoms with Gasteiger partial charge in [-0.3, -0.25) is 0 Å². The maximum absolute atomic E-state index is 12.4. The molecule has 8 heteroatoms. The van der Waals surface area contributed by atoms with Gasteiger partial charge in [0.25, 0.3) is 0 Å². The molecule has 0 aliphatic carbocycles. The fraction of sp³-hybridized carbons (Fsp3) is 0.111. The van der Waals surface area contributed by atoms with Gasteiger partial charge in [0.05, 0.1) is 0 Å². The summed E-state index contributed by atoms with van der Waals surface area (Å²) in [5, 5.41) is 1.31. The molecule has 0 N–H and O–H groups in total. The molecule has 0 bridgehead atoms. The van der Waals surface area contributed by atoms with Crippen molar-refractivity contribution in [3.63, 3.8) is 0 Å². The van der Waals surface area contributed by atoms with Gasteiger partial charge in [-0.15, -0.1) is 0 Å². The standard InChI is InChI=1S/C18H14N4O2STe/c1-20-16(23)13(17(24)21(2)18(20)25)10-12-5-6-14(26-12)22-9-7-11-4-3-8-19-15(11)22/h3-10H,1-2H3. The molecule has 4 rings (SSSR count). The van der Waals surface area contributed by atoms with E-state index in [1.54, 1.807) is 26.4 Å². The van der Waals surface area contributed by atoms with Crippen LogP contribution in [0.25, 0.3) is 20.8 Å². The molecule has 0 atom stereocenters. The molecule has 26 heavy (non-hydrogen) atoms. The van der Waals surface area contributed by atoms with Crippen molar-refractivity contribution in [2.45, 2.75) is 0 Å². The van der Waals surface area contributed by atoms with Crippen LogP contribution in [0.15, 0.2) is 48.3 Å². The molecule has 4 heterocycles. The number of fused-ring (bicyclic) bond motifs is 1. The van der Waals surface area contributed by atoms with Gasteiger partial charge in [0.2, 0.25) is 0 Å². The molecular weight excluding hydrogens is 464 g/mol. The van der Waals surface area contributed by atoms with Gasteiger partial charge in [-0.2, -0.15) is 0 Å². The van der Waals surface area contributed by atoms with Crippen LogP contribution in [0.4, 0.5) is 0 Å². The summed E-state index contributed by atoms with van der Waals surface area (Å²) in [5.74, 6) is -0.707. The number of hydrogen-bond acceptors (Lipinski definition) is 4. The molecule has 130 valence electrons. The zero-order valence-corrected chi connectivity index (χ0v) is 17.2. The van der Waals surface area contributed by atoms with Crippen LogP contribution in [0.2, 0.25) is 0 Å². The molecular formula is C18H14N4O2STe.